The first-order chi connectivity index (χ1) is 6.86. The summed E-state index contributed by atoms with van der Waals surface area (Å²) < 4.78 is 0. The van der Waals surface area contributed by atoms with Gasteiger partial charge in [0.05, 0.1) is 0 Å². The van der Waals surface area contributed by atoms with Crippen LogP contribution in [0, 0.1) is 0 Å². The highest BCUT2D eigenvalue weighted by Gasteiger charge is 2.26. The van der Waals surface area contributed by atoms with E-state index < -0.39 is 0 Å². The van der Waals surface area contributed by atoms with E-state index in [9.17, 15) is 5.11 Å². The molecule has 0 spiro atoms. The lowest BCUT2D eigenvalue weighted by molar-refractivity contribution is 0.469. The first kappa shape index (κ1) is 7.83. The van der Waals surface area contributed by atoms with E-state index in [0.29, 0.717) is 11.8 Å². The molecule has 0 unspecified atom stereocenters. The van der Waals surface area contributed by atoms with E-state index in [2.05, 4.69) is 17.4 Å². The monoisotopic (exact) mass is 185 g/mol. The van der Waals surface area contributed by atoms with Gasteiger partial charge in [0.25, 0.3) is 0 Å². The molecular weight excluding hydrogens is 174 g/mol. The third-order valence-electron chi connectivity index (χ3n) is 2.70. The van der Waals surface area contributed by atoms with E-state index in [-0.39, 0.29) is 0 Å². The molecule has 2 nitrogen and oxygen atoms in total. The van der Waals surface area contributed by atoms with Gasteiger partial charge in [-0.1, -0.05) is 30.3 Å². The van der Waals surface area contributed by atoms with Crippen molar-refractivity contribution in [3.63, 3.8) is 0 Å². The van der Waals surface area contributed by atoms with Crippen LogP contribution < -0.4 is 5.32 Å². The second kappa shape index (κ2) is 2.72. The van der Waals surface area contributed by atoms with Crippen LogP contribution in [0.3, 0.4) is 0 Å². The molecule has 1 saturated heterocycles. The summed E-state index contributed by atoms with van der Waals surface area (Å²) in [5.41, 5.74) is 1.04. The van der Waals surface area contributed by atoms with Gasteiger partial charge in [-0.25, -0.2) is 0 Å². The molecule has 0 saturated carbocycles. The number of hydrogen-bond donors (Lipinski definition) is 2. The fraction of sp³-hybridized carbons (Fsp3) is 0.167. The number of aromatic hydroxyl groups is 1. The van der Waals surface area contributed by atoms with E-state index in [0.717, 1.165) is 17.5 Å². The quantitative estimate of drug-likeness (QED) is 0.669. The maximum atomic E-state index is 9.78. The molecule has 70 valence electrons. The molecule has 0 radical (unpaired) electrons. The highest BCUT2D eigenvalue weighted by Crippen LogP contribution is 2.35. The fourth-order valence-electron chi connectivity index (χ4n) is 1.91. The molecule has 0 amide bonds. The van der Waals surface area contributed by atoms with Gasteiger partial charge >= 0.3 is 0 Å². The van der Waals surface area contributed by atoms with Gasteiger partial charge in [0, 0.05) is 18.2 Å². The summed E-state index contributed by atoms with van der Waals surface area (Å²) in [6, 6.07) is 12.2. The molecule has 1 atom stereocenters. The smallest absolute Gasteiger partial charge is 0.121 e. The second-order valence-corrected chi connectivity index (χ2v) is 3.68. The minimum absolute atomic E-state index is 0.348. The Balaban J connectivity index is 2.37. The van der Waals surface area contributed by atoms with Gasteiger partial charge in [0.1, 0.15) is 5.75 Å². The zero-order valence-electron chi connectivity index (χ0n) is 7.70. The molecule has 0 aliphatic carbocycles. The predicted molar refractivity (Wildman–Crippen MR) is 56.4 cm³/mol. The molecule has 0 aromatic heterocycles. The second-order valence-electron chi connectivity index (χ2n) is 3.68. The Morgan fingerprint density at radius 2 is 1.93 bits per heavy atom. The van der Waals surface area contributed by atoms with Gasteiger partial charge in [0.15, 0.2) is 0 Å². The number of phenols is 1. The molecule has 0 bridgehead atoms. The van der Waals surface area contributed by atoms with Crippen molar-refractivity contribution in [2.45, 2.75) is 6.04 Å². The average Bonchev–Trinajstić information content (AvgIpc) is 3.01. The van der Waals surface area contributed by atoms with Gasteiger partial charge in [-0.2, -0.15) is 0 Å². The van der Waals surface area contributed by atoms with Crippen molar-refractivity contribution < 1.29 is 5.11 Å². The van der Waals surface area contributed by atoms with Crippen LogP contribution in [0.25, 0.3) is 10.8 Å². The molecule has 1 aliphatic heterocycles. The van der Waals surface area contributed by atoms with Crippen molar-refractivity contribution in [1.29, 1.82) is 0 Å². The molecule has 3 rings (SSSR count). The normalized spacial score (nSPS) is 19.9. The maximum Gasteiger partial charge on any atom is 0.121 e. The molecule has 1 fully saturated rings. The third kappa shape index (κ3) is 1.08. The minimum Gasteiger partial charge on any atom is -0.508 e. The number of nitrogens with one attached hydrogen (secondary N) is 1. The van der Waals surface area contributed by atoms with Crippen LogP contribution in [0.1, 0.15) is 11.6 Å². The summed E-state index contributed by atoms with van der Waals surface area (Å²) in [5, 5.41) is 15.3. The topological polar surface area (TPSA) is 42.2 Å². The lowest BCUT2D eigenvalue weighted by Crippen LogP contribution is -1.87. The summed E-state index contributed by atoms with van der Waals surface area (Å²) >= 11 is 0. The molecular formula is C12H11NO. The number of benzene rings is 2. The Hall–Kier alpha value is -1.54. The lowest BCUT2D eigenvalue weighted by Gasteiger charge is -2.06. The predicted octanol–water partition coefficient (Wildman–Crippen LogP) is 2.19. The van der Waals surface area contributed by atoms with E-state index in [1.54, 1.807) is 6.07 Å². The van der Waals surface area contributed by atoms with Crippen molar-refractivity contribution in [3.05, 3.63) is 42.0 Å². The van der Waals surface area contributed by atoms with Crippen LogP contribution in [0.5, 0.6) is 5.75 Å². The zero-order valence-corrected chi connectivity index (χ0v) is 7.70. The van der Waals surface area contributed by atoms with Gasteiger partial charge in [-0.05, 0) is 16.8 Å². The Bertz CT molecular complexity index is 489. The van der Waals surface area contributed by atoms with Crippen LogP contribution >= 0.6 is 0 Å². The van der Waals surface area contributed by atoms with E-state index in [1.165, 1.54) is 5.39 Å². The molecule has 2 heteroatoms. The highest BCUT2D eigenvalue weighted by atomic mass is 16.3. The van der Waals surface area contributed by atoms with Crippen LogP contribution in [-0.4, -0.2) is 11.7 Å². The van der Waals surface area contributed by atoms with E-state index in [1.807, 2.05) is 18.2 Å². The summed E-state index contributed by atoms with van der Waals surface area (Å²) in [7, 11) is 0. The van der Waals surface area contributed by atoms with Crippen molar-refractivity contribution in [2.24, 2.45) is 0 Å². The van der Waals surface area contributed by atoms with E-state index >= 15 is 0 Å². The average molecular weight is 185 g/mol. The summed E-state index contributed by atoms with van der Waals surface area (Å²) in [6.45, 7) is 0.974. The zero-order chi connectivity index (χ0) is 9.54. The molecule has 2 aromatic carbocycles. The number of phenolic OH excluding ortho intramolecular Hbond substituents is 1. The van der Waals surface area contributed by atoms with Crippen LogP contribution in [-0.2, 0) is 0 Å². The van der Waals surface area contributed by atoms with Crippen molar-refractivity contribution in [2.75, 3.05) is 6.54 Å². The molecule has 2 aromatic rings. The van der Waals surface area contributed by atoms with Gasteiger partial charge < -0.3 is 10.4 Å². The van der Waals surface area contributed by atoms with Crippen LogP contribution in [0.15, 0.2) is 36.4 Å². The molecule has 1 aliphatic rings. The Morgan fingerprint density at radius 3 is 2.71 bits per heavy atom. The summed E-state index contributed by atoms with van der Waals surface area (Å²) in [5.74, 6) is 0.402. The first-order valence-electron chi connectivity index (χ1n) is 4.80. The van der Waals surface area contributed by atoms with Crippen molar-refractivity contribution in [3.8, 4) is 5.75 Å². The number of hydrogen-bond acceptors (Lipinski definition) is 2. The van der Waals surface area contributed by atoms with Gasteiger partial charge in [0.2, 0.25) is 0 Å². The Morgan fingerprint density at radius 1 is 1.14 bits per heavy atom. The Kier molecular flexibility index (Phi) is 1.52. The van der Waals surface area contributed by atoms with Crippen molar-refractivity contribution in [1.82, 2.24) is 5.32 Å². The number of fused-ring (bicyclic) bond motifs is 1. The maximum absolute atomic E-state index is 9.78. The van der Waals surface area contributed by atoms with Crippen LogP contribution in [0.2, 0.25) is 0 Å². The molecule has 14 heavy (non-hydrogen) atoms. The molecule has 2 N–H and O–H groups in total. The standard InChI is InChI=1S/C12H11NO/c14-11-6-5-8-3-1-2-4-9(8)12(11)10-7-13-10/h1-6,10,13-14H,7H2/t10-/m1/s1. The largest absolute Gasteiger partial charge is 0.508 e. The SMILES string of the molecule is Oc1ccc2ccccc2c1[C@H]1CN1. The Labute approximate surface area is 82.2 Å². The lowest BCUT2D eigenvalue weighted by atomic mass is 10.0. The minimum atomic E-state index is 0.348. The van der Waals surface area contributed by atoms with E-state index in [4.69, 9.17) is 0 Å². The summed E-state index contributed by atoms with van der Waals surface area (Å²) in [6.07, 6.45) is 0. The first-order valence-corrected chi connectivity index (χ1v) is 4.80. The van der Waals surface area contributed by atoms with Crippen molar-refractivity contribution >= 4 is 10.8 Å². The third-order valence-corrected chi connectivity index (χ3v) is 2.70. The summed E-state index contributed by atoms with van der Waals surface area (Å²) in [4.78, 5) is 0. The number of rotatable bonds is 1. The van der Waals surface area contributed by atoms with Crippen LogP contribution in [0.4, 0.5) is 0 Å². The van der Waals surface area contributed by atoms with Gasteiger partial charge in [-0.15, -0.1) is 0 Å². The fourth-order valence-corrected chi connectivity index (χ4v) is 1.91. The molecule has 1 heterocycles. The van der Waals surface area contributed by atoms with Gasteiger partial charge in [-0.3, -0.25) is 0 Å². The highest BCUT2D eigenvalue weighted by molar-refractivity contribution is 5.88.